The molecule has 4 nitrogen and oxygen atoms in total. The van der Waals surface area contributed by atoms with Gasteiger partial charge < -0.3 is 9.47 Å². The van der Waals surface area contributed by atoms with E-state index in [1.54, 1.807) is 19.1 Å². The minimum atomic E-state index is -4.58. The highest BCUT2D eigenvalue weighted by Gasteiger charge is 2.35. The minimum absolute atomic E-state index is 0.189. The molecule has 2 aromatic rings. The largest absolute Gasteiger partial charge is 0.472 e. The van der Waals surface area contributed by atoms with E-state index < -0.39 is 18.3 Å². The first-order valence-corrected chi connectivity index (χ1v) is 6.23. The number of pyridine rings is 1. The number of ether oxygens (including phenoxy) is 2. The third kappa shape index (κ3) is 3.47. The molecule has 0 radical (unpaired) electrons. The summed E-state index contributed by atoms with van der Waals surface area (Å²) in [7, 11) is 0. The Morgan fingerprint density at radius 1 is 1.23 bits per heavy atom. The van der Waals surface area contributed by atoms with E-state index in [1.807, 2.05) is 0 Å². The fourth-order valence-electron chi connectivity index (χ4n) is 1.89. The van der Waals surface area contributed by atoms with Crippen LogP contribution in [-0.4, -0.2) is 4.98 Å². The number of hydrogen-bond acceptors (Lipinski definition) is 4. The van der Waals surface area contributed by atoms with E-state index in [4.69, 9.17) is 10.00 Å². The van der Waals surface area contributed by atoms with Crippen molar-refractivity contribution < 1.29 is 22.6 Å². The van der Waals surface area contributed by atoms with Crippen LogP contribution in [0.1, 0.15) is 16.7 Å². The number of aromatic nitrogens is 1. The first-order chi connectivity index (χ1) is 10.4. The zero-order valence-corrected chi connectivity index (χ0v) is 11.5. The van der Waals surface area contributed by atoms with Gasteiger partial charge in [-0.15, -0.1) is 5.26 Å². The molecule has 0 saturated carbocycles. The van der Waals surface area contributed by atoms with Gasteiger partial charge in [0.15, 0.2) is 0 Å². The maximum Gasteiger partial charge on any atom is 0.416 e. The van der Waals surface area contributed by atoms with Gasteiger partial charge in [-0.25, -0.2) is 4.98 Å². The predicted molar refractivity (Wildman–Crippen MR) is 71.0 cm³/mol. The van der Waals surface area contributed by atoms with Crippen LogP contribution >= 0.6 is 0 Å². The quantitative estimate of drug-likeness (QED) is 0.805. The standard InChI is InChI=1S/C15H11F3N2O2/c1-10-4-3-7-20-14(10)21-8-11-12(15(16,17)18)5-2-6-13(11)22-9-19/h2-7H,8H2,1H3. The summed E-state index contributed by atoms with van der Waals surface area (Å²) < 4.78 is 49.1. The summed E-state index contributed by atoms with van der Waals surface area (Å²) in [5.74, 6) is 0.0355. The fourth-order valence-corrected chi connectivity index (χ4v) is 1.89. The van der Waals surface area contributed by atoms with Crippen LogP contribution in [-0.2, 0) is 12.8 Å². The Morgan fingerprint density at radius 3 is 2.64 bits per heavy atom. The molecule has 0 aliphatic rings. The molecule has 7 heteroatoms. The van der Waals surface area contributed by atoms with Gasteiger partial charge in [-0.2, -0.15) is 13.2 Å². The lowest BCUT2D eigenvalue weighted by atomic mass is 10.1. The number of nitriles is 1. The van der Waals surface area contributed by atoms with Crippen molar-refractivity contribution in [2.24, 2.45) is 0 Å². The van der Waals surface area contributed by atoms with E-state index in [0.717, 1.165) is 6.07 Å². The second-order valence-electron chi connectivity index (χ2n) is 4.39. The Balaban J connectivity index is 2.36. The monoisotopic (exact) mass is 308 g/mol. The molecule has 0 atom stereocenters. The first-order valence-electron chi connectivity index (χ1n) is 6.23. The van der Waals surface area contributed by atoms with E-state index >= 15 is 0 Å². The summed E-state index contributed by atoms with van der Waals surface area (Å²) in [5, 5.41) is 8.56. The van der Waals surface area contributed by atoms with Gasteiger partial charge in [0.05, 0.1) is 5.56 Å². The van der Waals surface area contributed by atoms with Crippen LogP contribution in [0, 0.1) is 18.4 Å². The summed E-state index contributed by atoms with van der Waals surface area (Å²) in [6.07, 6.45) is -1.73. The normalized spacial score (nSPS) is 10.9. The van der Waals surface area contributed by atoms with Crippen molar-refractivity contribution in [2.45, 2.75) is 19.7 Å². The van der Waals surface area contributed by atoms with Crippen LogP contribution in [0.25, 0.3) is 0 Å². The third-order valence-corrected chi connectivity index (χ3v) is 2.91. The molecule has 1 aromatic carbocycles. The number of alkyl halides is 3. The van der Waals surface area contributed by atoms with Crippen LogP contribution < -0.4 is 9.47 Å². The van der Waals surface area contributed by atoms with Crippen molar-refractivity contribution in [3.05, 3.63) is 53.2 Å². The molecule has 114 valence electrons. The number of halogens is 3. The predicted octanol–water partition coefficient (Wildman–Crippen LogP) is 3.85. The molecule has 1 aromatic heterocycles. The van der Waals surface area contributed by atoms with Crippen molar-refractivity contribution in [3.63, 3.8) is 0 Å². The van der Waals surface area contributed by atoms with Gasteiger partial charge in [0.1, 0.15) is 12.4 Å². The number of nitrogens with zero attached hydrogens (tertiary/aromatic N) is 2. The fraction of sp³-hybridized carbons (Fsp3) is 0.200. The molecule has 0 unspecified atom stereocenters. The number of aryl methyl sites for hydroxylation is 1. The van der Waals surface area contributed by atoms with E-state index in [2.05, 4.69) is 9.72 Å². The van der Waals surface area contributed by atoms with Crippen molar-refractivity contribution in [1.82, 2.24) is 4.98 Å². The van der Waals surface area contributed by atoms with Crippen LogP contribution in [0.2, 0.25) is 0 Å². The van der Waals surface area contributed by atoms with Gasteiger partial charge >= 0.3 is 6.18 Å². The summed E-state index contributed by atoms with van der Waals surface area (Å²) >= 11 is 0. The average molecular weight is 308 g/mol. The van der Waals surface area contributed by atoms with Gasteiger partial charge in [0.2, 0.25) is 5.88 Å². The smallest absolute Gasteiger partial charge is 0.416 e. The lowest BCUT2D eigenvalue weighted by Gasteiger charge is -2.16. The van der Waals surface area contributed by atoms with Crippen LogP contribution in [0.15, 0.2) is 36.5 Å². The maximum atomic E-state index is 13.1. The molecule has 2 rings (SSSR count). The van der Waals surface area contributed by atoms with Gasteiger partial charge in [-0.1, -0.05) is 12.1 Å². The van der Waals surface area contributed by atoms with Crippen molar-refractivity contribution in [1.29, 1.82) is 5.26 Å². The minimum Gasteiger partial charge on any atom is -0.472 e. The molecule has 22 heavy (non-hydrogen) atoms. The lowest BCUT2D eigenvalue weighted by Crippen LogP contribution is -2.12. The van der Waals surface area contributed by atoms with Gasteiger partial charge in [0, 0.05) is 17.3 Å². The Bertz CT molecular complexity index is 709. The third-order valence-electron chi connectivity index (χ3n) is 2.91. The molecule has 0 aliphatic carbocycles. The van der Waals surface area contributed by atoms with E-state index in [1.165, 1.54) is 24.6 Å². The maximum absolute atomic E-state index is 13.1. The van der Waals surface area contributed by atoms with Crippen molar-refractivity contribution in [2.75, 3.05) is 0 Å². The van der Waals surface area contributed by atoms with Crippen LogP contribution in [0.5, 0.6) is 11.6 Å². The Kier molecular flexibility index (Phi) is 4.51. The zero-order chi connectivity index (χ0) is 16.2. The Hall–Kier alpha value is -2.75. The van der Waals surface area contributed by atoms with Crippen LogP contribution in [0.4, 0.5) is 13.2 Å². The van der Waals surface area contributed by atoms with Crippen LogP contribution in [0.3, 0.4) is 0 Å². The summed E-state index contributed by atoms with van der Waals surface area (Å²) in [4.78, 5) is 3.95. The molecule has 0 amide bonds. The number of rotatable bonds is 4. The highest BCUT2D eigenvalue weighted by atomic mass is 19.4. The molecule has 0 N–H and O–H groups in total. The SMILES string of the molecule is Cc1cccnc1OCc1c(OC#N)cccc1C(F)(F)F. The second-order valence-corrected chi connectivity index (χ2v) is 4.39. The lowest BCUT2D eigenvalue weighted by molar-refractivity contribution is -0.138. The average Bonchev–Trinajstić information content (AvgIpc) is 2.46. The van der Waals surface area contributed by atoms with E-state index in [9.17, 15) is 13.2 Å². The summed E-state index contributed by atoms with van der Waals surface area (Å²) in [5.41, 5.74) is -0.467. The Morgan fingerprint density at radius 2 is 2.00 bits per heavy atom. The molecular weight excluding hydrogens is 297 g/mol. The van der Waals surface area contributed by atoms with Gasteiger partial charge in [-0.3, -0.25) is 0 Å². The number of hydrogen-bond donors (Lipinski definition) is 0. The highest BCUT2D eigenvalue weighted by molar-refractivity contribution is 5.42. The molecular formula is C15H11F3N2O2. The molecule has 1 heterocycles. The number of benzene rings is 1. The molecule has 0 saturated heterocycles. The first kappa shape index (κ1) is 15.6. The van der Waals surface area contributed by atoms with E-state index in [-0.39, 0.29) is 17.2 Å². The Labute approximate surface area is 124 Å². The molecule has 0 spiro atoms. The summed E-state index contributed by atoms with van der Waals surface area (Å²) in [6.45, 7) is 1.31. The van der Waals surface area contributed by atoms with Gasteiger partial charge in [0.25, 0.3) is 6.26 Å². The van der Waals surface area contributed by atoms with Gasteiger partial charge in [-0.05, 0) is 25.1 Å². The zero-order valence-electron chi connectivity index (χ0n) is 11.5. The highest BCUT2D eigenvalue weighted by Crippen LogP contribution is 2.36. The molecule has 0 fully saturated rings. The molecule has 0 aliphatic heterocycles. The van der Waals surface area contributed by atoms with E-state index in [0.29, 0.717) is 5.56 Å². The second kappa shape index (κ2) is 6.35. The van der Waals surface area contributed by atoms with Crippen molar-refractivity contribution >= 4 is 0 Å². The summed E-state index contributed by atoms with van der Waals surface area (Å²) in [6, 6.07) is 6.78. The van der Waals surface area contributed by atoms with Crippen molar-refractivity contribution in [3.8, 4) is 17.9 Å². The molecule has 0 bridgehead atoms. The topological polar surface area (TPSA) is 55.1 Å².